The van der Waals surface area contributed by atoms with Gasteiger partial charge in [-0.3, -0.25) is 0 Å². The highest BCUT2D eigenvalue weighted by Crippen LogP contribution is 2.54. The molecule has 2 aliphatic heterocycles. The third-order valence-electron chi connectivity index (χ3n) is 16.1. The molecule has 2 aliphatic rings. The summed E-state index contributed by atoms with van der Waals surface area (Å²) < 4.78 is 400. The van der Waals surface area contributed by atoms with E-state index in [2.05, 4.69) is 0 Å². The summed E-state index contributed by atoms with van der Waals surface area (Å²) in [6.45, 7) is -1.79. The monoisotopic (exact) mass is 1180 g/mol. The summed E-state index contributed by atoms with van der Waals surface area (Å²) in [4.78, 5) is 2.54. The van der Waals surface area contributed by atoms with Crippen LogP contribution in [0.15, 0.2) is 339 Å². The molecule has 15 aromatic carbocycles. The maximum atomic E-state index is 10.6. The first-order chi connectivity index (χ1) is 62.1. The molecule has 4 heteroatoms. The molecule has 0 N–H and O–H groups in total. The van der Waals surface area contributed by atoms with Gasteiger partial charge in [0.05, 0.1) is 85.7 Å². The van der Waals surface area contributed by atoms with E-state index < -0.39 is 388 Å². The first-order valence-electron chi connectivity index (χ1n) is 48.7. The molecule has 0 bridgehead atoms. The predicted octanol–water partition coefficient (Wildman–Crippen LogP) is 21.2. The minimum absolute atomic E-state index is 0.162. The minimum Gasteiger partial charge on any atom is -0.310 e. The Kier molecular flexibility index (Phi) is 5.79. The predicted molar refractivity (Wildman–Crippen MR) is 382 cm³/mol. The van der Waals surface area contributed by atoms with Crippen LogP contribution in [0.1, 0.15) is 57.6 Å². The number of para-hydroxylation sites is 2. The molecule has 18 rings (SSSR count). The van der Waals surface area contributed by atoms with E-state index in [0.29, 0.717) is 0 Å². The van der Waals surface area contributed by atoms with E-state index in [9.17, 15) is 41.1 Å². The lowest BCUT2D eigenvalue weighted by Gasteiger charge is -2.46. The second kappa shape index (κ2) is 21.0. The Balaban J connectivity index is 1.19. The highest BCUT2D eigenvalue weighted by Gasteiger charge is 2.46. The van der Waals surface area contributed by atoms with E-state index in [1.807, 2.05) is 0 Å². The second-order valence-electron chi connectivity index (χ2n) is 20.7. The zero-order chi connectivity index (χ0) is 95.8. The van der Waals surface area contributed by atoms with Crippen molar-refractivity contribution in [1.82, 2.24) is 4.57 Å². The quantitative estimate of drug-likeness (QED) is 0.133. The van der Waals surface area contributed by atoms with Gasteiger partial charge < -0.3 is 14.4 Å². The molecule has 90 heavy (non-hydrogen) atoms. The van der Waals surface area contributed by atoms with Gasteiger partial charge in [-0.05, 0) is 119 Å². The van der Waals surface area contributed by atoms with Crippen molar-refractivity contribution in [2.75, 3.05) is 9.80 Å². The van der Waals surface area contributed by atoms with Crippen molar-refractivity contribution in [1.29, 1.82) is 0 Å². The van der Waals surface area contributed by atoms with Crippen LogP contribution in [0, 0.1) is 0 Å². The standard InChI is InChI=1S/C86H56BN3/c1-7-25-57(26-8-1)65-47-49-76-74(53-65)87-75-54-66(58-27-9-2-10-28-58)48-50-77(75)90(86-72(61-33-15-5-16-34-61)43-24-44-73(86)62-35-17-6-18-36-62)81-56-67(88-78-51-45-63-37-19-21-39-68(63)82(78)83-69-40-22-20-38-64(69)46-52-79(83)88)55-80(84(81)87)89(76)85-70(59-29-11-3-12-30-59)41-23-42-71(85)60-31-13-4-14-32-60/h1-56H/i1D,2D,3D,4D,5D,6D,7D,8D,9D,10D,11D,12D,13D,14D,15D,16D,17D,18D,19D,20D,21D,22D,25D,26D,27D,28D,29D,30D,31D,32D,33D,34D,35D,36D,37D,38D,39D,40D,45D,46D,51D,52D. The average Bonchev–Trinajstić information content (AvgIpc) is 1.40. The smallest absolute Gasteiger partial charge is 0.252 e. The number of hydrogen-bond donors (Lipinski definition) is 0. The normalized spacial score (nSPS) is 18.9. The fraction of sp³-hybridized carbons (Fsp3) is 0. The van der Waals surface area contributed by atoms with Crippen molar-refractivity contribution >= 4 is 101 Å². The summed E-state index contributed by atoms with van der Waals surface area (Å²) in [6, 6.07) is -20.9. The van der Waals surface area contributed by atoms with Crippen molar-refractivity contribution in [3.05, 3.63) is 339 Å². The van der Waals surface area contributed by atoms with Gasteiger partial charge in [0.15, 0.2) is 0 Å². The topological polar surface area (TPSA) is 11.4 Å². The number of fused-ring (bicyclic) bond motifs is 11. The van der Waals surface area contributed by atoms with Crippen LogP contribution in [-0.2, 0) is 0 Å². The molecule has 0 radical (unpaired) electrons. The molecule has 3 heterocycles. The fourth-order valence-electron chi connectivity index (χ4n) is 12.6. The maximum absolute atomic E-state index is 10.6. The maximum Gasteiger partial charge on any atom is 0.252 e. The highest BCUT2D eigenvalue weighted by atomic mass is 15.2. The van der Waals surface area contributed by atoms with E-state index in [1.54, 1.807) is 0 Å². The van der Waals surface area contributed by atoms with Crippen LogP contribution in [0.3, 0.4) is 0 Å². The van der Waals surface area contributed by atoms with Gasteiger partial charge >= 0.3 is 0 Å². The van der Waals surface area contributed by atoms with Crippen LogP contribution in [-0.4, -0.2) is 11.3 Å². The molecule has 3 nitrogen and oxygen atoms in total. The third-order valence-corrected chi connectivity index (χ3v) is 16.1. The number of hydrogen-bond acceptors (Lipinski definition) is 2. The highest BCUT2D eigenvalue weighted by molar-refractivity contribution is 7.00. The van der Waals surface area contributed by atoms with Gasteiger partial charge in [0.25, 0.3) is 6.71 Å². The Hall–Kier alpha value is -11.7. The summed E-state index contributed by atoms with van der Waals surface area (Å²) in [5.74, 6) is 0. The van der Waals surface area contributed by atoms with Crippen LogP contribution >= 0.6 is 0 Å². The first-order valence-corrected chi connectivity index (χ1v) is 27.7. The number of rotatable bonds is 9. The van der Waals surface area contributed by atoms with Gasteiger partial charge in [0.2, 0.25) is 0 Å². The minimum atomic E-state index is -1.79. The van der Waals surface area contributed by atoms with Crippen molar-refractivity contribution in [2.24, 2.45) is 0 Å². The molecular weight excluding hydrogens is 1090 g/mol. The van der Waals surface area contributed by atoms with Crippen molar-refractivity contribution in [3.63, 3.8) is 0 Å². The molecule has 0 fully saturated rings. The zero-order valence-electron chi connectivity index (χ0n) is 88.0. The Bertz CT molecular complexity index is 7340. The summed E-state index contributed by atoms with van der Waals surface area (Å²) >= 11 is 0. The summed E-state index contributed by atoms with van der Waals surface area (Å²) in [5, 5.41) is -3.57. The molecule has 0 unspecified atom stereocenters. The summed E-state index contributed by atoms with van der Waals surface area (Å²) in [6.07, 6.45) is 0. The van der Waals surface area contributed by atoms with Gasteiger partial charge in [0.1, 0.15) is 0 Å². The van der Waals surface area contributed by atoms with Gasteiger partial charge in [-0.15, -0.1) is 0 Å². The number of aromatic nitrogens is 1. The number of nitrogens with zero attached hydrogens (tertiary/aromatic N) is 3. The van der Waals surface area contributed by atoms with Crippen molar-refractivity contribution < 1.29 is 57.6 Å². The molecular formula is C86H56BN3. The molecule has 0 atom stereocenters. The summed E-state index contributed by atoms with van der Waals surface area (Å²) in [5.41, 5.74) is -10.9. The van der Waals surface area contributed by atoms with Crippen molar-refractivity contribution in [2.45, 2.75) is 0 Å². The SMILES string of the molecule is [2H]c1c([2H])c([2H])c(-c2ccc3c(c2)B2c4cc(-c5c([2H])c([2H])c([2H])c([2H])c5[2H])ccc4N(c4c(-c5c([2H])c([2H])c([2H])c([2H])c5[2H])cccc4-c4c([2H])c([2H])c([2H])c([2H])c4[2H])c4cc(-n5c6c([2H])c([2H])c7c([2H])c([2H])c([2H])c([2H])c7c6c6c7c([2H])c([2H])c([2H])c([2H])c7c([2H])c([2H])c65)cc(c42)N3c2c(-c3c([2H])c([2H])c([2H])c([2H])c3[2H])cccc2-c2c([2H])c([2H])c([2H])c([2H])c2[2H])c([2H])c1[2H]. The third kappa shape index (κ3) is 8.15. The zero-order valence-corrected chi connectivity index (χ0v) is 46.0. The Morgan fingerprint density at radius 2 is 0.611 bits per heavy atom. The molecule has 0 amide bonds. The van der Waals surface area contributed by atoms with Gasteiger partial charge in [-0.2, -0.15) is 0 Å². The Morgan fingerprint density at radius 1 is 0.278 bits per heavy atom. The first kappa shape index (κ1) is 24.8. The average molecular weight is 1180 g/mol. The molecule has 1 aromatic heterocycles. The number of benzene rings is 15. The van der Waals surface area contributed by atoms with Gasteiger partial charge in [-0.1, -0.05) is 302 Å². The molecule has 0 spiro atoms. The van der Waals surface area contributed by atoms with Crippen LogP contribution in [0.5, 0.6) is 0 Å². The van der Waals surface area contributed by atoms with Crippen LogP contribution in [0.2, 0.25) is 0 Å². The van der Waals surface area contributed by atoms with Gasteiger partial charge in [0, 0.05) is 55.8 Å². The second-order valence-corrected chi connectivity index (χ2v) is 20.7. The summed E-state index contributed by atoms with van der Waals surface area (Å²) in [7, 11) is 0. The van der Waals surface area contributed by atoms with E-state index >= 15 is 0 Å². The van der Waals surface area contributed by atoms with E-state index in [-0.39, 0.29) is 38.9 Å². The largest absolute Gasteiger partial charge is 0.310 e. The lowest BCUT2D eigenvalue weighted by Crippen LogP contribution is -2.61. The van der Waals surface area contributed by atoms with E-state index in [1.165, 1.54) is 94.7 Å². The molecule has 418 valence electrons. The van der Waals surface area contributed by atoms with Crippen LogP contribution in [0.4, 0.5) is 34.1 Å². The Morgan fingerprint density at radius 3 is 0.978 bits per heavy atom. The lowest BCUT2D eigenvalue weighted by atomic mass is 9.33. The van der Waals surface area contributed by atoms with Crippen LogP contribution < -0.4 is 26.2 Å². The fourth-order valence-corrected chi connectivity index (χ4v) is 12.6. The van der Waals surface area contributed by atoms with E-state index in [0.717, 1.165) is 4.57 Å². The lowest BCUT2D eigenvalue weighted by molar-refractivity contribution is 1.16. The number of anilines is 6. The van der Waals surface area contributed by atoms with Crippen LogP contribution in [0.25, 0.3) is 116 Å². The molecule has 0 saturated carbocycles. The Labute approximate surface area is 583 Å². The van der Waals surface area contributed by atoms with Crippen molar-refractivity contribution in [3.8, 4) is 72.4 Å². The molecule has 16 aromatic rings. The van der Waals surface area contributed by atoms with Gasteiger partial charge in [-0.25, -0.2) is 0 Å². The van der Waals surface area contributed by atoms with E-state index in [4.69, 9.17) is 16.4 Å². The molecule has 0 saturated heterocycles. The molecule has 0 aliphatic carbocycles.